The maximum Gasteiger partial charge on any atom is 0.408 e. The number of hydrogen-bond acceptors (Lipinski definition) is 6. The highest BCUT2D eigenvalue weighted by Crippen LogP contribution is 2.38. The molecule has 2 rings (SSSR count). The minimum absolute atomic E-state index is 0.155. The SMILES string of the molecule is COC(=O)CNC(=O)C(c1c(C)cccc1C)N(C(=O)C(NC(=O)OC(C)(C)C)C(C)C)C1CC1. The first-order chi connectivity index (χ1) is 16.3. The van der Waals surface area contributed by atoms with E-state index in [0.717, 1.165) is 24.0 Å². The topological polar surface area (TPSA) is 114 Å². The third-order valence-corrected chi connectivity index (χ3v) is 5.78. The number of nitrogens with zero attached hydrogens (tertiary/aromatic N) is 1. The third-order valence-electron chi connectivity index (χ3n) is 5.78. The van der Waals surface area contributed by atoms with Gasteiger partial charge < -0.3 is 25.0 Å². The number of aryl methyl sites for hydroxylation is 2. The highest BCUT2D eigenvalue weighted by atomic mass is 16.6. The lowest BCUT2D eigenvalue weighted by Crippen LogP contribution is -2.56. The van der Waals surface area contributed by atoms with E-state index in [-0.39, 0.29) is 24.4 Å². The standard InChI is InChI=1S/C26H39N3O6/c1-15(2)21(28-25(33)35-26(5,6)7)24(32)29(18-12-13-18)22(23(31)27-14-19(30)34-8)20-16(3)10-9-11-17(20)4/h9-11,15,18,21-22H,12-14H2,1-8H3,(H,27,31)(H,28,33). The van der Waals surface area contributed by atoms with Crippen molar-refractivity contribution in [3.05, 3.63) is 34.9 Å². The number of rotatable bonds is 9. The van der Waals surface area contributed by atoms with Crippen LogP contribution in [-0.2, 0) is 23.9 Å². The van der Waals surface area contributed by atoms with Crippen molar-refractivity contribution < 1.29 is 28.7 Å². The molecule has 0 bridgehead atoms. The van der Waals surface area contributed by atoms with Gasteiger partial charge in [-0.15, -0.1) is 0 Å². The molecule has 9 nitrogen and oxygen atoms in total. The number of methoxy groups -OCH3 is 1. The van der Waals surface area contributed by atoms with Crippen molar-refractivity contribution in [1.82, 2.24) is 15.5 Å². The first kappa shape index (κ1) is 28.1. The van der Waals surface area contributed by atoms with Crippen molar-refractivity contribution >= 4 is 23.9 Å². The van der Waals surface area contributed by atoms with E-state index in [0.29, 0.717) is 5.56 Å². The van der Waals surface area contributed by atoms with E-state index in [2.05, 4.69) is 15.4 Å². The maximum absolute atomic E-state index is 14.0. The van der Waals surface area contributed by atoms with Crippen LogP contribution in [0.2, 0.25) is 0 Å². The number of alkyl carbamates (subject to hydrolysis) is 1. The quantitative estimate of drug-likeness (QED) is 0.515. The zero-order valence-electron chi connectivity index (χ0n) is 22.1. The van der Waals surface area contributed by atoms with Crippen LogP contribution in [0.1, 0.15) is 70.2 Å². The molecule has 2 N–H and O–H groups in total. The minimum atomic E-state index is -0.970. The van der Waals surface area contributed by atoms with Crippen LogP contribution in [0.5, 0.6) is 0 Å². The Hall–Kier alpha value is -3.10. The van der Waals surface area contributed by atoms with E-state index in [4.69, 9.17) is 4.74 Å². The van der Waals surface area contributed by atoms with E-state index >= 15 is 0 Å². The summed E-state index contributed by atoms with van der Waals surface area (Å²) >= 11 is 0. The van der Waals surface area contributed by atoms with Crippen LogP contribution < -0.4 is 10.6 Å². The van der Waals surface area contributed by atoms with Gasteiger partial charge in [-0.25, -0.2) is 4.79 Å². The molecule has 2 unspecified atom stereocenters. The fourth-order valence-corrected chi connectivity index (χ4v) is 3.96. The van der Waals surface area contributed by atoms with Crippen LogP contribution in [0.25, 0.3) is 0 Å². The van der Waals surface area contributed by atoms with Gasteiger partial charge in [0.25, 0.3) is 0 Å². The Labute approximate surface area is 207 Å². The van der Waals surface area contributed by atoms with Gasteiger partial charge in [0.05, 0.1) is 7.11 Å². The van der Waals surface area contributed by atoms with Crippen LogP contribution in [0.3, 0.4) is 0 Å². The summed E-state index contributed by atoms with van der Waals surface area (Å²) in [7, 11) is 1.24. The first-order valence-corrected chi connectivity index (χ1v) is 12.0. The van der Waals surface area contributed by atoms with E-state index < -0.39 is 35.7 Å². The molecule has 1 saturated carbocycles. The van der Waals surface area contributed by atoms with Crippen LogP contribution in [0.15, 0.2) is 18.2 Å². The second kappa shape index (κ2) is 11.6. The summed E-state index contributed by atoms with van der Waals surface area (Å²) in [6.07, 6.45) is 0.794. The zero-order chi connectivity index (χ0) is 26.5. The summed E-state index contributed by atoms with van der Waals surface area (Å²) in [5.74, 6) is -1.69. The van der Waals surface area contributed by atoms with Crippen molar-refractivity contribution in [3.8, 4) is 0 Å². The van der Waals surface area contributed by atoms with Crippen LogP contribution in [0.4, 0.5) is 4.79 Å². The zero-order valence-corrected chi connectivity index (χ0v) is 22.1. The normalized spacial score (nSPS) is 15.1. The second-order valence-electron chi connectivity index (χ2n) is 10.3. The highest BCUT2D eigenvalue weighted by molar-refractivity contribution is 5.94. The molecule has 1 aliphatic rings. The molecular formula is C26H39N3O6. The molecule has 1 aromatic rings. The number of carbonyl (C=O) groups is 4. The average molecular weight is 490 g/mol. The van der Waals surface area contributed by atoms with Gasteiger partial charge >= 0.3 is 12.1 Å². The molecule has 0 spiro atoms. The van der Waals surface area contributed by atoms with Gasteiger partial charge in [0, 0.05) is 6.04 Å². The van der Waals surface area contributed by atoms with Gasteiger partial charge in [0.1, 0.15) is 24.2 Å². The van der Waals surface area contributed by atoms with E-state index in [1.54, 1.807) is 25.7 Å². The molecule has 35 heavy (non-hydrogen) atoms. The maximum atomic E-state index is 14.0. The van der Waals surface area contributed by atoms with Gasteiger partial charge in [0.15, 0.2) is 0 Å². The molecule has 1 aromatic carbocycles. The molecule has 9 heteroatoms. The monoisotopic (exact) mass is 489 g/mol. The Kier molecular flexibility index (Phi) is 9.29. The smallest absolute Gasteiger partial charge is 0.408 e. The van der Waals surface area contributed by atoms with Crippen LogP contribution in [0, 0.1) is 19.8 Å². The Morgan fingerprint density at radius 3 is 2.11 bits per heavy atom. The van der Waals surface area contributed by atoms with E-state index in [1.807, 2.05) is 45.9 Å². The van der Waals surface area contributed by atoms with Crippen molar-refractivity contribution in [2.24, 2.45) is 5.92 Å². The summed E-state index contributed by atoms with van der Waals surface area (Å²) in [6.45, 7) is 12.4. The highest BCUT2D eigenvalue weighted by Gasteiger charge is 2.45. The minimum Gasteiger partial charge on any atom is -0.468 e. The van der Waals surface area contributed by atoms with Crippen LogP contribution >= 0.6 is 0 Å². The molecule has 0 aliphatic heterocycles. The van der Waals surface area contributed by atoms with Crippen molar-refractivity contribution in [1.29, 1.82) is 0 Å². The molecule has 1 aliphatic carbocycles. The molecule has 0 saturated heterocycles. The van der Waals surface area contributed by atoms with Gasteiger partial charge in [-0.05, 0) is 70.1 Å². The van der Waals surface area contributed by atoms with E-state index in [9.17, 15) is 19.2 Å². The predicted octanol–water partition coefficient (Wildman–Crippen LogP) is 3.17. The van der Waals surface area contributed by atoms with Gasteiger partial charge in [-0.2, -0.15) is 0 Å². The van der Waals surface area contributed by atoms with Crippen molar-refractivity contribution in [2.75, 3.05) is 13.7 Å². The molecule has 2 atom stereocenters. The Balaban J connectivity index is 2.49. The van der Waals surface area contributed by atoms with E-state index in [1.165, 1.54) is 7.11 Å². The van der Waals surface area contributed by atoms with Crippen molar-refractivity contribution in [2.45, 2.75) is 85.0 Å². The summed E-state index contributed by atoms with van der Waals surface area (Å²) in [6, 6.07) is 3.64. The van der Waals surface area contributed by atoms with Crippen molar-refractivity contribution in [3.63, 3.8) is 0 Å². The first-order valence-electron chi connectivity index (χ1n) is 12.0. The number of carbonyl (C=O) groups excluding carboxylic acids is 4. The average Bonchev–Trinajstić information content (AvgIpc) is 3.58. The Bertz CT molecular complexity index is 929. The molecule has 0 aromatic heterocycles. The lowest BCUT2D eigenvalue weighted by atomic mass is 9.92. The second-order valence-corrected chi connectivity index (χ2v) is 10.3. The summed E-state index contributed by atoms with van der Waals surface area (Å²) in [5, 5.41) is 5.34. The van der Waals surface area contributed by atoms with Gasteiger partial charge in [-0.1, -0.05) is 32.0 Å². The molecule has 194 valence electrons. The predicted molar refractivity (Wildman–Crippen MR) is 132 cm³/mol. The Morgan fingerprint density at radius 1 is 1.09 bits per heavy atom. The number of hydrogen-bond donors (Lipinski definition) is 2. The fraction of sp³-hybridized carbons (Fsp3) is 0.615. The molecule has 0 heterocycles. The summed E-state index contributed by atoms with van der Waals surface area (Å²) in [5.41, 5.74) is 1.68. The van der Waals surface area contributed by atoms with Gasteiger partial charge in [0.2, 0.25) is 11.8 Å². The lowest BCUT2D eigenvalue weighted by molar-refractivity contribution is -0.145. The Morgan fingerprint density at radius 2 is 1.66 bits per heavy atom. The molecular weight excluding hydrogens is 450 g/mol. The number of ether oxygens (including phenoxy) is 2. The summed E-state index contributed by atoms with van der Waals surface area (Å²) < 4.78 is 10.0. The van der Waals surface area contributed by atoms with Crippen LogP contribution in [-0.4, -0.2) is 60.1 Å². The molecule has 1 fully saturated rings. The molecule has 3 amide bonds. The number of esters is 1. The lowest BCUT2D eigenvalue weighted by Gasteiger charge is -2.36. The van der Waals surface area contributed by atoms with Gasteiger partial charge in [-0.3, -0.25) is 14.4 Å². The number of amides is 3. The number of benzene rings is 1. The number of nitrogens with one attached hydrogen (secondary N) is 2. The fourth-order valence-electron chi connectivity index (χ4n) is 3.96. The largest absolute Gasteiger partial charge is 0.468 e. The third kappa shape index (κ3) is 7.70. The summed E-state index contributed by atoms with van der Waals surface area (Å²) in [4.78, 5) is 53.3. The molecule has 0 radical (unpaired) electrons.